The van der Waals surface area contributed by atoms with Gasteiger partial charge in [-0.3, -0.25) is 4.98 Å². The zero-order valence-corrected chi connectivity index (χ0v) is 14.3. The molecule has 1 aromatic rings. The van der Waals surface area contributed by atoms with Crippen LogP contribution < -0.4 is 0 Å². The number of rotatable bonds is 13. The van der Waals surface area contributed by atoms with Crippen molar-refractivity contribution >= 4 is 0 Å². The van der Waals surface area contributed by atoms with Crippen LogP contribution >= 0.6 is 0 Å². The predicted octanol–water partition coefficient (Wildman–Crippen LogP) is 6.57. The molecule has 0 bridgehead atoms. The maximum Gasteiger partial charge on any atom is 0.0270 e. The minimum absolute atomic E-state index is 0.880. The Balaban J connectivity index is 2.30. The van der Waals surface area contributed by atoms with Gasteiger partial charge in [-0.05, 0) is 30.0 Å². The molecule has 0 aliphatic rings. The third-order valence-corrected chi connectivity index (χ3v) is 4.46. The fourth-order valence-electron chi connectivity index (χ4n) is 3.10. The van der Waals surface area contributed by atoms with Gasteiger partial charge in [0.1, 0.15) is 0 Å². The van der Waals surface area contributed by atoms with E-state index in [4.69, 9.17) is 0 Å². The fourth-order valence-corrected chi connectivity index (χ4v) is 3.10. The van der Waals surface area contributed by atoms with Gasteiger partial charge in [0.15, 0.2) is 0 Å². The Morgan fingerprint density at radius 2 is 1.29 bits per heavy atom. The molecule has 1 aromatic heterocycles. The van der Waals surface area contributed by atoms with E-state index in [9.17, 15) is 0 Å². The first-order valence-corrected chi connectivity index (χ1v) is 9.25. The van der Waals surface area contributed by atoms with E-state index in [1.54, 1.807) is 0 Å². The standard InChI is InChI=1S/C20H35N/c1-3-5-7-9-11-13-19(12-10-8-6-4-2)18-20-14-16-21-17-15-20/h14-17,19H,3-13,18H2,1-2H3. The van der Waals surface area contributed by atoms with Crippen molar-refractivity contribution in [2.45, 2.75) is 90.9 Å². The molecule has 1 nitrogen and oxygen atoms in total. The van der Waals surface area contributed by atoms with Gasteiger partial charge in [0.2, 0.25) is 0 Å². The Hall–Kier alpha value is -0.850. The summed E-state index contributed by atoms with van der Waals surface area (Å²) in [5, 5.41) is 0. The van der Waals surface area contributed by atoms with Crippen LogP contribution in [0.5, 0.6) is 0 Å². The van der Waals surface area contributed by atoms with E-state index in [1.165, 1.54) is 82.6 Å². The number of hydrogen-bond acceptors (Lipinski definition) is 1. The maximum absolute atomic E-state index is 4.14. The number of aromatic nitrogens is 1. The average molecular weight is 290 g/mol. The lowest BCUT2D eigenvalue weighted by Crippen LogP contribution is -2.05. The topological polar surface area (TPSA) is 12.9 Å². The quantitative estimate of drug-likeness (QED) is 0.374. The van der Waals surface area contributed by atoms with Crippen LogP contribution in [-0.2, 0) is 6.42 Å². The van der Waals surface area contributed by atoms with Gasteiger partial charge in [-0.25, -0.2) is 0 Å². The van der Waals surface area contributed by atoms with E-state index < -0.39 is 0 Å². The van der Waals surface area contributed by atoms with Crippen molar-refractivity contribution in [3.63, 3.8) is 0 Å². The van der Waals surface area contributed by atoms with E-state index in [0.717, 1.165) is 5.92 Å². The molecule has 1 heteroatoms. The lowest BCUT2D eigenvalue weighted by atomic mass is 9.89. The highest BCUT2D eigenvalue weighted by Crippen LogP contribution is 2.22. The van der Waals surface area contributed by atoms with Gasteiger partial charge in [-0.1, -0.05) is 84.5 Å². The van der Waals surface area contributed by atoms with Crippen LogP contribution in [0, 0.1) is 5.92 Å². The Kier molecular flexibility index (Phi) is 11.1. The van der Waals surface area contributed by atoms with Crippen molar-refractivity contribution in [1.82, 2.24) is 4.98 Å². The summed E-state index contributed by atoms with van der Waals surface area (Å²) in [6, 6.07) is 4.38. The third-order valence-electron chi connectivity index (χ3n) is 4.46. The van der Waals surface area contributed by atoms with Crippen molar-refractivity contribution < 1.29 is 0 Å². The minimum atomic E-state index is 0.880. The second-order valence-corrected chi connectivity index (χ2v) is 6.48. The molecule has 0 aromatic carbocycles. The van der Waals surface area contributed by atoms with Gasteiger partial charge in [-0.2, -0.15) is 0 Å². The minimum Gasteiger partial charge on any atom is -0.265 e. The third kappa shape index (κ3) is 9.66. The van der Waals surface area contributed by atoms with E-state index in [1.807, 2.05) is 12.4 Å². The Labute approximate surface area is 132 Å². The summed E-state index contributed by atoms with van der Waals surface area (Å²) in [5.74, 6) is 0.880. The van der Waals surface area contributed by atoms with Crippen molar-refractivity contribution in [3.05, 3.63) is 30.1 Å². The van der Waals surface area contributed by atoms with E-state index in [0.29, 0.717) is 0 Å². The molecule has 1 rings (SSSR count). The van der Waals surface area contributed by atoms with Gasteiger partial charge in [0, 0.05) is 12.4 Å². The number of unbranched alkanes of at least 4 members (excludes halogenated alkanes) is 7. The van der Waals surface area contributed by atoms with Gasteiger partial charge in [0.05, 0.1) is 0 Å². The first-order chi connectivity index (χ1) is 10.4. The molecule has 120 valence electrons. The Bertz CT molecular complexity index is 320. The van der Waals surface area contributed by atoms with Gasteiger partial charge in [0.25, 0.3) is 0 Å². The summed E-state index contributed by atoms with van der Waals surface area (Å²) >= 11 is 0. The van der Waals surface area contributed by atoms with E-state index in [-0.39, 0.29) is 0 Å². The zero-order chi connectivity index (χ0) is 15.2. The number of nitrogens with zero attached hydrogens (tertiary/aromatic N) is 1. The molecule has 1 atom stereocenters. The van der Waals surface area contributed by atoms with Crippen LogP contribution in [0.25, 0.3) is 0 Å². The molecule has 0 spiro atoms. The molecule has 0 radical (unpaired) electrons. The largest absolute Gasteiger partial charge is 0.265 e. The molecular formula is C20H35N. The van der Waals surface area contributed by atoms with Crippen LogP contribution in [-0.4, -0.2) is 4.98 Å². The summed E-state index contributed by atoms with van der Waals surface area (Å²) < 4.78 is 0. The summed E-state index contributed by atoms with van der Waals surface area (Å²) in [5.41, 5.74) is 1.47. The van der Waals surface area contributed by atoms with E-state index >= 15 is 0 Å². The van der Waals surface area contributed by atoms with Gasteiger partial charge in [-0.15, -0.1) is 0 Å². The molecule has 0 fully saturated rings. The summed E-state index contributed by atoms with van der Waals surface area (Å²) in [4.78, 5) is 4.14. The summed E-state index contributed by atoms with van der Waals surface area (Å²) in [7, 11) is 0. The fraction of sp³-hybridized carbons (Fsp3) is 0.750. The first kappa shape index (κ1) is 18.2. The van der Waals surface area contributed by atoms with Crippen LogP contribution in [0.3, 0.4) is 0 Å². The van der Waals surface area contributed by atoms with Gasteiger partial charge >= 0.3 is 0 Å². The van der Waals surface area contributed by atoms with Crippen molar-refractivity contribution in [2.75, 3.05) is 0 Å². The van der Waals surface area contributed by atoms with E-state index in [2.05, 4.69) is 31.0 Å². The molecule has 1 unspecified atom stereocenters. The Morgan fingerprint density at radius 3 is 1.86 bits per heavy atom. The molecule has 0 N–H and O–H groups in total. The number of pyridine rings is 1. The molecule has 0 aliphatic heterocycles. The second kappa shape index (κ2) is 12.9. The SMILES string of the molecule is CCCCCCCC(CCCCCC)Cc1ccncc1. The highest BCUT2D eigenvalue weighted by molar-refractivity contribution is 5.10. The molecule has 0 amide bonds. The van der Waals surface area contributed by atoms with Gasteiger partial charge < -0.3 is 0 Å². The highest BCUT2D eigenvalue weighted by Gasteiger charge is 2.09. The normalized spacial score (nSPS) is 12.5. The first-order valence-electron chi connectivity index (χ1n) is 9.25. The average Bonchev–Trinajstić information content (AvgIpc) is 2.52. The second-order valence-electron chi connectivity index (χ2n) is 6.48. The summed E-state index contributed by atoms with van der Waals surface area (Å²) in [6.07, 6.45) is 20.5. The highest BCUT2D eigenvalue weighted by atomic mass is 14.6. The number of hydrogen-bond donors (Lipinski definition) is 0. The van der Waals surface area contributed by atoms with Crippen LogP contribution in [0.2, 0.25) is 0 Å². The molecule has 1 heterocycles. The van der Waals surface area contributed by atoms with Crippen LogP contribution in [0.1, 0.15) is 90.0 Å². The predicted molar refractivity (Wildman–Crippen MR) is 93.6 cm³/mol. The van der Waals surface area contributed by atoms with Crippen molar-refractivity contribution in [2.24, 2.45) is 5.92 Å². The molecule has 21 heavy (non-hydrogen) atoms. The zero-order valence-electron chi connectivity index (χ0n) is 14.3. The Morgan fingerprint density at radius 1 is 0.762 bits per heavy atom. The molecule has 0 saturated carbocycles. The molecule has 0 aliphatic carbocycles. The maximum atomic E-state index is 4.14. The monoisotopic (exact) mass is 289 g/mol. The lowest BCUT2D eigenvalue weighted by Gasteiger charge is -2.17. The smallest absolute Gasteiger partial charge is 0.0270 e. The van der Waals surface area contributed by atoms with Crippen molar-refractivity contribution in [1.29, 1.82) is 0 Å². The van der Waals surface area contributed by atoms with Crippen LogP contribution in [0.4, 0.5) is 0 Å². The lowest BCUT2D eigenvalue weighted by molar-refractivity contribution is 0.403. The molecule has 0 saturated heterocycles. The molecular weight excluding hydrogens is 254 g/mol. The van der Waals surface area contributed by atoms with Crippen LogP contribution in [0.15, 0.2) is 24.5 Å². The summed E-state index contributed by atoms with van der Waals surface area (Å²) in [6.45, 7) is 4.59. The van der Waals surface area contributed by atoms with Crippen molar-refractivity contribution in [3.8, 4) is 0 Å².